The molecule has 1 aromatic rings. The van der Waals surface area contributed by atoms with Gasteiger partial charge in [-0.25, -0.2) is 24.0 Å². The van der Waals surface area contributed by atoms with Crippen molar-refractivity contribution in [3.8, 4) is 0 Å². The number of rotatable bonds is 8. The van der Waals surface area contributed by atoms with Crippen molar-refractivity contribution in [1.82, 2.24) is 5.32 Å². The van der Waals surface area contributed by atoms with E-state index in [0.717, 1.165) is 14.2 Å². The predicted molar refractivity (Wildman–Crippen MR) is 98.3 cm³/mol. The molecule has 158 valence electrons. The van der Waals surface area contributed by atoms with E-state index in [2.05, 4.69) is 20.1 Å². The van der Waals surface area contributed by atoms with Crippen molar-refractivity contribution in [3.05, 3.63) is 29.3 Å². The van der Waals surface area contributed by atoms with Crippen LogP contribution < -0.4 is 10.6 Å². The first kappa shape index (κ1) is 23.4. The topological polar surface area (TPSA) is 146 Å². The summed E-state index contributed by atoms with van der Waals surface area (Å²) >= 11 is 0. The van der Waals surface area contributed by atoms with Crippen LogP contribution in [0.2, 0.25) is 0 Å². The van der Waals surface area contributed by atoms with Crippen LogP contribution in [0.1, 0.15) is 34.6 Å². The molecule has 0 aromatic heterocycles. The summed E-state index contributed by atoms with van der Waals surface area (Å²) in [5.41, 5.74) is -0.0478. The maximum atomic E-state index is 12.3. The maximum Gasteiger partial charge on any atom is 0.340 e. The van der Waals surface area contributed by atoms with Crippen molar-refractivity contribution in [1.29, 1.82) is 0 Å². The average molecular weight is 410 g/mol. The fourth-order valence-electron chi connectivity index (χ4n) is 2.13. The first-order valence-corrected chi connectivity index (χ1v) is 8.49. The molecule has 0 heterocycles. The zero-order valence-electron chi connectivity index (χ0n) is 16.4. The standard InChI is InChI=1S/C18H22N2O9/c1-5-28-16(23)13(17(24)29-6-2)20-18(25)19-12-8-10(14(21)26-3)7-11(9-12)15(22)27-4/h7-9,13H,5-6H2,1-4H3,(H2,19,20,25). The Labute approximate surface area is 166 Å². The molecule has 0 spiro atoms. The van der Waals surface area contributed by atoms with E-state index >= 15 is 0 Å². The summed E-state index contributed by atoms with van der Waals surface area (Å²) in [4.78, 5) is 59.7. The zero-order valence-corrected chi connectivity index (χ0v) is 16.4. The van der Waals surface area contributed by atoms with Crippen LogP contribution in [0.25, 0.3) is 0 Å². The van der Waals surface area contributed by atoms with Gasteiger partial charge in [-0.15, -0.1) is 0 Å². The van der Waals surface area contributed by atoms with Gasteiger partial charge in [0, 0.05) is 5.69 Å². The van der Waals surface area contributed by atoms with E-state index in [4.69, 9.17) is 9.47 Å². The molecule has 2 amide bonds. The molecule has 0 fully saturated rings. The minimum Gasteiger partial charge on any atom is -0.465 e. The molecule has 0 atom stereocenters. The average Bonchev–Trinajstić information content (AvgIpc) is 2.70. The molecule has 0 unspecified atom stereocenters. The normalized spacial score (nSPS) is 9.97. The van der Waals surface area contributed by atoms with Gasteiger partial charge in [0.05, 0.1) is 38.6 Å². The Morgan fingerprint density at radius 3 is 1.66 bits per heavy atom. The van der Waals surface area contributed by atoms with Crippen LogP contribution in [-0.2, 0) is 28.5 Å². The summed E-state index contributed by atoms with van der Waals surface area (Å²) in [7, 11) is 2.30. The first-order valence-electron chi connectivity index (χ1n) is 8.49. The largest absolute Gasteiger partial charge is 0.465 e. The number of esters is 4. The van der Waals surface area contributed by atoms with Gasteiger partial charge in [0.2, 0.25) is 6.04 Å². The summed E-state index contributed by atoms with van der Waals surface area (Å²) in [5, 5.41) is 4.45. The van der Waals surface area contributed by atoms with Crippen LogP contribution in [0.3, 0.4) is 0 Å². The third kappa shape index (κ3) is 6.79. The molecule has 0 radical (unpaired) electrons. The van der Waals surface area contributed by atoms with Gasteiger partial charge in [0.25, 0.3) is 0 Å². The van der Waals surface area contributed by atoms with Crippen molar-refractivity contribution < 1.29 is 42.9 Å². The smallest absolute Gasteiger partial charge is 0.340 e. The number of ether oxygens (including phenoxy) is 4. The highest BCUT2D eigenvalue weighted by Gasteiger charge is 2.31. The quantitative estimate of drug-likeness (QED) is 0.362. The van der Waals surface area contributed by atoms with Gasteiger partial charge in [0.1, 0.15) is 0 Å². The van der Waals surface area contributed by atoms with Crippen LogP contribution in [0.5, 0.6) is 0 Å². The van der Waals surface area contributed by atoms with Crippen LogP contribution >= 0.6 is 0 Å². The van der Waals surface area contributed by atoms with Gasteiger partial charge < -0.3 is 29.6 Å². The number of anilines is 1. The molecule has 0 aliphatic carbocycles. The van der Waals surface area contributed by atoms with Crippen molar-refractivity contribution in [2.75, 3.05) is 32.8 Å². The lowest BCUT2D eigenvalue weighted by atomic mass is 10.1. The summed E-state index contributed by atoms with van der Waals surface area (Å²) in [6, 6.07) is 1.02. The fourth-order valence-corrected chi connectivity index (χ4v) is 2.13. The van der Waals surface area contributed by atoms with Gasteiger partial charge in [-0.1, -0.05) is 0 Å². The Bertz CT molecular complexity index is 739. The van der Waals surface area contributed by atoms with Crippen LogP contribution in [0.4, 0.5) is 10.5 Å². The summed E-state index contributed by atoms with van der Waals surface area (Å²) in [6.07, 6.45) is 0. The highest BCUT2D eigenvalue weighted by molar-refractivity contribution is 6.05. The van der Waals surface area contributed by atoms with E-state index in [0.29, 0.717) is 0 Å². The van der Waals surface area contributed by atoms with E-state index in [1.807, 2.05) is 0 Å². The summed E-state index contributed by atoms with van der Waals surface area (Å²) in [5.74, 6) is -3.51. The van der Waals surface area contributed by atoms with E-state index in [9.17, 15) is 24.0 Å². The molecular formula is C18H22N2O9. The fraction of sp³-hybridized carbons (Fsp3) is 0.389. The van der Waals surface area contributed by atoms with E-state index in [1.165, 1.54) is 32.0 Å². The van der Waals surface area contributed by atoms with E-state index in [1.54, 1.807) is 0 Å². The number of nitrogens with one attached hydrogen (secondary N) is 2. The van der Waals surface area contributed by atoms with Crippen molar-refractivity contribution in [3.63, 3.8) is 0 Å². The Morgan fingerprint density at radius 2 is 1.28 bits per heavy atom. The number of amides is 2. The number of carbonyl (C=O) groups excluding carboxylic acids is 5. The Balaban J connectivity index is 3.08. The molecule has 11 nitrogen and oxygen atoms in total. The second-order valence-corrected chi connectivity index (χ2v) is 5.32. The minimum atomic E-state index is -1.70. The first-order chi connectivity index (χ1) is 13.8. The number of carbonyl (C=O) groups is 5. The van der Waals surface area contributed by atoms with Crippen LogP contribution in [0, 0.1) is 0 Å². The summed E-state index contributed by atoms with van der Waals surface area (Å²) < 4.78 is 18.7. The lowest BCUT2D eigenvalue weighted by molar-refractivity contribution is -0.157. The Morgan fingerprint density at radius 1 is 0.828 bits per heavy atom. The van der Waals surface area contributed by atoms with Gasteiger partial charge >= 0.3 is 29.9 Å². The number of methoxy groups -OCH3 is 2. The molecule has 0 bridgehead atoms. The third-order valence-electron chi connectivity index (χ3n) is 3.35. The molecule has 0 saturated carbocycles. The second-order valence-electron chi connectivity index (χ2n) is 5.32. The van der Waals surface area contributed by atoms with Crippen LogP contribution in [-0.4, -0.2) is 63.4 Å². The predicted octanol–water partition coefficient (Wildman–Crippen LogP) is 0.876. The van der Waals surface area contributed by atoms with Gasteiger partial charge in [0.15, 0.2) is 0 Å². The zero-order chi connectivity index (χ0) is 22.0. The molecule has 0 aliphatic heterocycles. The van der Waals surface area contributed by atoms with Crippen molar-refractivity contribution >= 4 is 35.6 Å². The number of benzene rings is 1. The number of urea groups is 1. The summed E-state index contributed by atoms with van der Waals surface area (Å²) in [6.45, 7) is 3.04. The van der Waals surface area contributed by atoms with E-state index in [-0.39, 0.29) is 30.0 Å². The van der Waals surface area contributed by atoms with Crippen LogP contribution in [0.15, 0.2) is 18.2 Å². The molecule has 2 N–H and O–H groups in total. The maximum absolute atomic E-state index is 12.3. The van der Waals surface area contributed by atoms with Crippen molar-refractivity contribution in [2.45, 2.75) is 19.9 Å². The van der Waals surface area contributed by atoms with Gasteiger partial charge in [-0.05, 0) is 32.0 Å². The molecule has 11 heteroatoms. The molecule has 0 saturated heterocycles. The molecule has 0 aliphatic rings. The molecule has 1 rings (SSSR count). The highest BCUT2D eigenvalue weighted by atomic mass is 16.6. The monoisotopic (exact) mass is 410 g/mol. The second kappa shape index (κ2) is 11.3. The molecule has 29 heavy (non-hydrogen) atoms. The highest BCUT2D eigenvalue weighted by Crippen LogP contribution is 2.17. The third-order valence-corrected chi connectivity index (χ3v) is 3.35. The van der Waals surface area contributed by atoms with Gasteiger partial charge in [-0.3, -0.25) is 0 Å². The molecular weight excluding hydrogens is 388 g/mol. The Hall–Kier alpha value is -3.63. The molecule has 1 aromatic carbocycles. The SMILES string of the molecule is CCOC(=O)C(NC(=O)Nc1cc(C(=O)OC)cc(C(=O)OC)c1)C(=O)OCC. The van der Waals surface area contributed by atoms with Gasteiger partial charge in [-0.2, -0.15) is 0 Å². The minimum absolute atomic E-state index is 0.0114. The lowest BCUT2D eigenvalue weighted by Gasteiger charge is -2.16. The number of hydrogen-bond donors (Lipinski definition) is 2. The van der Waals surface area contributed by atoms with Crippen molar-refractivity contribution in [2.24, 2.45) is 0 Å². The lowest BCUT2D eigenvalue weighted by Crippen LogP contribution is -2.49. The Kier molecular flexibility index (Phi) is 9.10. The number of hydrogen-bond acceptors (Lipinski definition) is 9. The van der Waals surface area contributed by atoms with E-state index < -0.39 is 36.0 Å².